The van der Waals surface area contributed by atoms with E-state index in [4.69, 9.17) is 20.4 Å². The number of pyridine rings is 1. The van der Waals surface area contributed by atoms with Crippen molar-refractivity contribution in [1.29, 1.82) is 5.41 Å². The second-order valence-electron chi connectivity index (χ2n) is 9.32. The zero-order valence-electron chi connectivity index (χ0n) is 20.7. The summed E-state index contributed by atoms with van der Waals surface area (Å²) >= 11 is 4.07. The molecule has 1 aliphatic rings. The van der Waals surface area contributed by atoms with Gasteiger partial charge in [0.05, 0.1) is 33.8 Å². The second kappa shape index (κ2) is 9.42. The highest BCUT2D eigenvalue weighted by molar-refractivity contribution is 7.79. The molecule has 1 aliphatic carbocycles. The van der Waals surface area contributed by atoms with E-state index in [-0.39, 0.29) is 0 Å². The molecule has 0 bridgehead atoms. The van der Waals surface area contributed by atoms with Crippen LogP contribution in [0.15, 0.2) is 114 Å². The van der Waals surface area contributed by atoms with E-state index >= 15 is 0 Å². The summed E-state index contributed by atoms with van der Waals surface area (Å²) in [5.41, 5.74) is 9.00. The van der Waals surface area contributed by atoms with Crippen LogP contribution >= 0.6 is 12.8 Å². The molecule has 4 aromatic carbocycles. The smallest absolute Gasteiger partial charge is 0.160 e. The predicted molar refractivity (Wildman–Crippen MR) is 163 cm³/mol. The zero-order valence-corrected chi connectivity index (χ0v) is 21.6. The fourth-order valence-corrected chi connectivity index (χ4v) is 5.30. The van der Waals surface area contributed by atoms with Crippen molar-refractivity contribution in [3.63, 3.8) is 0 Å². The number of nitrogens with one attached hydrogen (secondary N) is 1. The minimum Gasteiger partial charge on any atom is -0.298 e. The van der Waals surface area contributed by atoms with Crippen LogP contribution in [-0.4, -0.2) is 26.4 Å². The van der Waals surface area contributed by atoms with Gasteiger partial charge in [-0.15, -0.1) is 0 Å². The first-order valence-electron chi connectivity index (χ1n) is 12.6. The van der Waals surface area contributed by atoms with Crippen LogP contribution in [0.3, 0.4) is 0 Å². The number of hydrogen-bond donors (Lipinski definition) is 2. The maximum Gasteiger partial charge on any atom is 0.160 e. The van der Waals surface area contributed by atoms with Crippen molar-refractivity contribution in [1.82, 2.24) is 15.0 Å². The standard InChI is InChI=1S/C33H21N5S/c34-30-28(38-39)19-18-25-29(30)23-10-4-6-12-26(23)35-32(25)21-14-16-22(17-15-21)33-36-27-13-7-5-11-24(27)31(37-33)20-8-2-1-3-9-20/h1-19,34,39H. The molecule has 6 heteroatoms. The first kappa shape index (κ1) is 23.2. The van der Waals surface area contributed by atoms with Crippen molar-refractivity contribution < 1.29 is 0 Å². The summed E-state index contributed by atoms with van der Waals surface area (Å²) in [7, 11) is 0. The third-order valence-electron chi connectivity index (χ3n) is 7.02. The predicted octanol–water partition coefficient (Wildman–Crippen LogP) is 7.86. The van der Waals surface area contributed by atoms with Gasteiger partial charge in [-0.3, -0.25) is 5.41 Å². The van der Waals surface area contributed by atoms with E-state index in [1.165, 1.54) is 0 Å². The number of hydrogen-bond acceptors (Lipinski definition) is 6. The van der Waals surface area contributed by atoms with Gasteiger partial charge < -0.3 is 0 Å². The lowest BCUT2D eigenvalue weighted by Crippen LogP contribution is -2.18. The molecule has 184 valence electrons. The van der Waals surface area contributed by atoms with Crippen molar-refractivity contribution in [2.75, 3.05) is 0 Å². The quantitative estimate of drug-likeness (QED) is 0.234. The van der Waals surface area contributed by atoms with Crippen molar-refractivity contribution in [2.24, 2.45) is 4.40 Å². The summed E-state index contributed by atoms with van der Waals surface area (Å²) in [6, 6.07) is 34.4. The maximum absolute atomic E-state index is 8.80. The van der Waals surface area contributed by atoms with Gasteiger partial charge in [-0.1, -0.05) is 91.0 Å². The van der Waals surface area contributed by atoms with Crippen molar-refractivity contribution in [3.05, 3.63) is 120 Å². The van der Waals surface area contributed by atoms with Crippen molar-refractivity contribution >= 4 is 52.1 Å². The Kier molecular flexibility index (Phi) is 5.60. The van der Waals surface area contributed by atoms with Gasteiger partial charge in [-0.2, -0.15) is 0 Å². The Labute approximate surface area is 230 Å². The van der Waals surface area contributed by atoms with Gasteiger partial charge in [0, 0.05) is 38.6 Å². The van der Waals surface area contributed by atoms with E-state index in [1.807, 2.05) is 97.1 Å². The second-order valence-corrected chi connectivity index (χ2v) is 9.52. The number of thiol groups is 1. The SMILES string of the molecule is N=C1C(=NS)C=Cc2c(-c3ccc(-c4nc(-c5ccccc5)c5ccccc5n4)cc3)nc3ccccc3c21. The van der Waals surface area contributed by atoms with E-state index in [1.54, 1.807) is 0 Å². The van der Waals surface area contributed by atoms with Gasteiger partial charge in [0.25, 0.3) is 0 Å². The van der Waals surface area contributed by atoms with Crippen LogP contribution in [0.25, 0.3) is 61.8 Å². The molecule has 39 heavy (non-hydrogen) atoms. The zero-order chi connectivity index (χ0) is 26.3. The van der Waals surface area contributed by atoms with Crippen LogP contribution in [0, 0.1) is 5.41 Å². The van der Waals surface area contributed by atoms with Crippen LogP contribution in [-0.2, 0) is 0 Å². The fraction of sp³-hybridized carbons (Fsp3) is 0. The van der Waals surface area contributed by atoms with Gasteiger partial charge in [-0.25, -0.2) is 19.3 Å². The molecule has 7 rings (SSSR count). The minimum absolute atomic E-state index is 0.344. The molecule has 0 amide bonds. The van der Waals surface area contributed by atoms with Gasteiger partial charge in [0.1, 0.15) is 0 Å². The molecular weight excluding hydrogens is 498 g/mol. The molecule has 1 N–H and O–H groups in total. The normalized spacial score (nSPS) is 13.8. The lowest BCUT2D eigenvalue weighted by atomic mass is 9.88. The molecule has 0 saturated heterocycles. The third kappa shape index (κ3) is 3.93. The summed E-state index contributed by atoms with van der Waals surface area (Å²) in [4.78, 5) is 14.9. The molecule has 2 heterocycles. The minimum atomic E-state index is 0.344. The lowest BCUT2D eigenvalue weighted by Gasteiger charge is -2.19. The lowest BCUT2D eigenvalue weighted by molar-refractivity contribution is 1.23. The van der Waals surface area contributed by atoms with E-state index in [0.29, 0.717) is 17.2 Å². The molecule has 0 radical (unpaired) electrons. The fourth-order valence-electron chi connectivity index (χ4n) is 5.13. The van der Waals surface area contributed by atoms with Crippen LogP contribution in [0.1, 0.15) is 11.1 Å². The summed E-state index contributed by atoms with van der Waals surface area (Å²) in [6.07, 6.45) is 3.80. The highest BCUT2D eigenvalue weighted by Gasteiger charge is 2.23. The molecule has 0 spiro atoms. The van der Waals surface area contributed by atoms with Crippen LogP contribution in [0.4, 0.5) is 0 Å². The van der Waals surface area contributed by atoms with Gasteiger partial charge >= 0.3 is 0 Å². The number of rotatable bonds is 3. The largest absolute Gasteiger partial charge is 0.298 e. The van der Waals surface area contributed by atoms with Gasteiger partial charge in [0.15, 0.2) is 5.82 Å². The third-order valence-corrected chi connectivity index (χ3v) is 7.23. The highest BCUT2D eigenvalue weighted by atomic mass is 32.1. The number of fused-ring (bicyclic) bond motifs is 4. The number of aromatic nitrogens is 3. The first-order chi connectivity index (χ1) is 19.2. The van der Waals surface area contributed by atoms with Crippen molar-refractivity contribution in [3.8, 4) is 33.9 Å². The highest BCUT2D eigenvalue weighted by Crippen LogP contribution is 2.35. The Bertz CT molecular complexity index is 1980. The monoisotopic (exact) mass is 519 g/mol. The number of nitrogens with zero attached hydrogens (tertiary/aromatic N) is 4. The Morgan fingerprint density at radius 1 is 0.564 bits per heavy atom. The maximum atomic E-state index is 8.80. The number of para-hydroxylation sites is 2. The summed E-state index contributed by atoms with van der Waals surface area (Å²) in [5.74, 6) is 0.670. The van der Waals surface area contributed by atoms with E-state index in [2.05, 4.69) is 35.4 Å². The molecule has 0 atom stereocenters. The molecule has 0 fully saturated rings. The van der Waals surface area contributed by atoms with E-state index in [9.17, 15) is 0 Å². The van der Waals surface area contributed by atoms with Crippen LogP contribution < -0.4 is 0 Å². The topological polar surface area (TPSA) is 74.9 Å². The summed E-state index contributed by atoms with van der Waals surface area (Å²) < 4.78 is 4.00. The Balaban J connectivity index is 1.37. The Hall–Kier alpha value is -4.94. The van der Waals surface area contributed by atoms with E-state index < -0.39 is 0 Å². The van der Waals surface area contributed by atoms with Crippen LogP contribution in [0.2, 0.25) is 0 Å². The molecule has 0 aliphatic heterocycles. The average molecular weight is 520 g/mol. The first-order valence-corrected chi connectivity index (χ1v) is 13.0. The molecule has 5 nitrogen and oxygen atoms in total. The Morgan fingerprint density at radius 2 is 1.18 bits per heavy atom. The molecular formula is C33H21N5S. The van der Waals surface area contributed by atoms with Crippen molar-refractivity contribution in [2.45, 2.75) is 0 Å². The molecule has 0 saturated carbocycles. The molecule has 6 aromatic rings. The number of benzene rings is 4. The van der Waals surface area contributed by atoms with E-state index in [0.717, 1.165) is 61.0 Å². The van der Waals surface area contributed by atoms with Gasteiger partial charge in [0.2, 0.25) is 0 Å². The van der Waals surface area contributed by atoms with Crippen LogP contribution in [0.5, 0.6) is 0 Å². The molecule has 0 unspecified atom stereocenters. The summed E-state index contributed by atoms with van der Waals surface area (Å²) in [6.45, 7) is 0. The average Bonchev–Trinajstić information content (AvgIpc) is 3.00. The molecule has 2 aromatic heterocycles. The summed E-state index contributed by atoms with van der Waals surface area (Å²) in [5, 5.41) is 10.7. The number of allylic oxidation sites excluding steroid dienone is 1. The van der Waals surface area contributed by atoms with Gasteiger partial charge in [-0.05, 0) is 37.1 Å². The Morgan fingerprint density at radius 3 is 1.92 bits per heavy atom.